The number of aromatic nitrogens is 2. The van der Waals surface area contributed by atoms with Crippen molar-refractivity contribution in [3.05, 3.63) is 46.1 Å². The number of fused-ring (bicyclic) bond motifs is 1. The molecule has 1 atom stereocenters. The second-order valence-corrected chi connectivity index (χ2v) is 10.8. The van der Waals surface area contributed by atoms with E-state index in [1.165, 1.54) is 22.3 Å². The Bertz CT molecular complexity index is 1190. The van der Waals surface area contributed by atoms with Crippen LogP contribution >= 0.6 is 23.1 Å². The molecule has 3 aromatic rings. The molecule has 1 aliphatic rings. The second-order valence-electron chi connectivity index (χ2n) is 8.82. The molecule has 6 nitrogen and oxygen atoms in total. The van der Waals surface area contributed by atoms with Crippen molar-refractivity contribution >= 4 is 34.0 Å². The highest BCUT2D eigenvalue weighted by Gasteiger charge is 2.32. The third-order valence-corrected chi connectivity index (χ3v) is 7.68. The van der Waals surface area contributed by atoms with E-state index < -0.39 is 5.82 Å². The zero-order valence-electron chi connectivity index (χ0n) is 18.1. The number of carbonyl (C=O) groups excluding carboxylic acids is 1. The van der Waals surface area contributed by atoms with Gasteiger partial charge in [0.05, 0.1) is 16.9 Å². The summed E-state index contributed by atoms with van der Waals surface area (Å²) in [5.41, 5.74) is 2.08. The highest BCUT2D eigenvalue weighted by Crippen LogP contribution is 2.44. The van der Waals surface area contributed by atoms with Gasteiger partial charge in [-0.25, -0.2) is 4.39 Å². The Labute approximate surface area is 194 Å². The molecule has 32 heavy (non-hydrogen) atoms. The third kappa shape index (κ3) is 4.71. The SMILES string of the molecule is CC(C)(C)[C@H]1CCc2c(sc(NC(=O)CSc3nnc(-c4ccccc4F)o3)c2C#N)C1. The van der Waals surface area contributed by atoms with Gasteiger partial charge in [-0.05, 0) is 48.3 Å². The fraction of sp³-hybridized carbons (Fsp3) is 0.391. The lowest BCUT2D eigenvalue weighted by Crippen LogP contribution is -2.26. The molecule has 0 saturated carbocycles. The van der Waals surface area contributed by atoms with Crippen LogP contribution in [0, 0.1) is 28.5 Å². The number of benzene rings is 1. The normalized spacial score (nSPS) is 15.8. The van der Waals surface area contributed by atoms with E-state index >= 15 is 0 Å². The smallest absolute Gasteiger partial charge is 0.277 e. The van der Waals surface area contributed by atoms with Gasteiger partial charge in [-0.3, -0.25) is 4.79 Å². The lowest BCUT2D eigenvalue weighted by molar-refractivity contribution is -0.113. The van der Waals surface area contributed by atoms with Crippen molar-refractivity contribution in [1.82, 2.24) is 10.2 Å². The van der Waals surface area contributed by atoms with Crippen molar-refractivity contribution in [1.29, 1.82) is 5.26 Å². The minimum atomic E-state index is -0.454. The lowest BCUT2D eigenvalue weighted by Gasteiger charge is -2.33. The summed E-state index contributed by atoms with van der Waals surface area (Å²) in [7, 11) is 0. The Morgan fingerprint density at radius 1 is 1.38 bits per heavy atom. The van der Waals surface area contributed by atoms with Gasteiger partial charge in [-0.1, -0.05) is 44.7 Å². The first-order chi connectivity index (χ1) is 15.3. The van der Waals surface area contributed by atoms with E-state index in [2.05, 4.69) is 42.4 Å². The summed E-state index contributed by atoms with van der Waals surface area (Å²) in [6.07, 6.45) is 2.85. The van der Waals surface area contributed by atoms with Crippen LogP contribution in [-0.2, 0) is 17.6 Å². The predicted octanol–water partition coefficient (Wildman–Crippen LogP) is 5.69. The summed E-state index contributed by atoms with van der Waals surface area (Å²) in [5, 5.41) is 21.1. The largest absolute Gasteiger partial charge is 0.411 e. The average molecular weight is 471 g/mol. The number of nitriles is 1. The van der Waals surface area contributed by atoms with Crippen LogP contribution in [0.5, 0.6) is 0 Å². The zero-order valence-corrected chi connectivity index (χ0v) is 19.7. The van der Waals surface area contributed by atoms with Crippen LogP contribution in [0.3, 0.4) is 0 Å². The Hall–Kier alpha value is -2.70. The van der Waals surface area contributed by atoms with Crippen LogP contribution in [0.25, 0.3) is 11.5 Å². The predicted molar refractivity (Wildman–Crippen MR) is 123 cm³/mol. The molecule has 0 saturated heterocycles. The first-order valence-electron chi connectivity index (χ1n) is 10.3. The molecule has 2 heterocycles. The molecule has 4 rings (SSSR count). The van der Waals surface area contributed by atoms with Gasteiger partial charge in [0.25, 0.3) is 11.1 Å². The van der Waals surface area contributed by atoms with Crippen molar-refractivity contribution in [2.75, 3.05) is 11.1 Å². The van der Waals surface area contributed by atoms with Crippen LogP contribution in [0.2, 0.25) is 0 Å². The molecular weight excluding hydrogens is 447 g/mol. The summed E-state index contributed by atoms with van der Waals surface area (Å²) >= 11 is 2.57. The number of nitrogens with zero attached hydrogens (tertiary/aromatic N) is 3. The summed E-state index contributed by atoms with van der Waals surface area (Å²) in [6, 6.07) is 8.40. The molecule has 0 fully saturated rings. The topological polar surface area (TPSA) is 91.8 Å². The number of hydrogen-bond acceptors (Lipinski definition) is 7. The minimum absolute atomic E-state index is 0.0386. The Morgan fingerprint density at radius 3 is 2.88 bits per heavy atom. The van der Waals surface area contributed by atoms with Crippen molar-refractivity contribution in [2.24, 2.45) is 11.3 Å². The molecule has 9 heteroatoms. The van der Waals surface area contributed by atoms with Gasteiger partial charge in [0.2, 0.25) is 5.91 Å². The summed E-state index contributed by atoms with van der Waals surface area (Å²) in [5.74, 6) is -0.0535. The Balaban J connectivity index is 1.41. The van der Waals surface area contributed by atoms with E-state index in [-0.39, 0.29) is 33.8 Å². The van der Waals surface area contributed by atoms with Gasteiger partial charge in [-0.15, -0.1) is 21.5 Å². The number of nitrogens with one attached hydrogen (secondary N) is 1. The van der Waals surface area contributed by atoms with Crippen molar-refractivity contribution in [3.63, 3.8) is 0 Å². The molecular formula is C23H23FN4O2S2. The van der Waals surface area contributed by atoms with Crippen molar-refractivity contribution in [2.45, 2.75) is 45.3 Å². The summed E-state index contributed by atoms with van der Waals surface area (Å²) in [4.78, 5) is 13.7. The van der Waals surface area contributed by atoms with Gasteiger partial charge in [0.15, 0.2) is 0 Å². The first kappa shape index (κ1) is 22.5. The Kier molecular flexibility index (Phi) is 6.35. The van der Waals surface area contributed by atoms with Crippen LogP contribution in [0.4, 0.5) is 9.39 Å². The number of hydrogen-bond donors (Lipinski definition) is 1. The first-order valence-corrected chi connectivity index (χ1v) is 12.1. The van der Waals surface area contributed by atoms with E-state index in [1.54, 1.807) is 18.2 Å². The molecule has 0 aliphatic heterocycles. The number of rotatable bonds is 5. The van der Waals surface area contributed by atoms with E-state index in [0.29, 0.717) is 16.5 Å². The van der Waals surface area contributed by atoms with Crippen LogP contribution < -0.4 is 5.32 Å². The van der Waals surface area contributed by atoms with E-state index in [0.717, 1.165) is 36.6 Å². The fourth-order valence-electron chi connectivity index (χ4n) is 3.83. The van der Waals surface area contributed by atoms with Gasteiger partial charge < -0.3 is 9.73 Å². The van der Waals surface area contributed by atoms with Gasteiger partial charge >= 0.3 is 0 Å². The number of thioether (sulfide) groups is 1. The highest BCUT2D eigenvalue weighted by atomic mass is 32.2. The number of thiophene rings is 1. The lowest BCUT2D eigenvalue weighted by atomic mass is 9.72. The molecule has 2 aromatic heterocycles. The van der Waals surface area contributed by atoms with Gasteiger partial charge in [-0.2, -0.15) is 5.26 Å². The molecule has 0 bridgehead atoms. The maximum absolute atomic E-state index is 13.9. The number of amides is 1. The molecule has 166 valence electrons. The molecule has 1 aromatic carbocycles. The second kappa shape index (κ2) is 9.04. The highest BCUT2D eigenvalue weighted by molar-refractivity contribution is 7.99. The summed E-state index contributed by atoms with van der Waals surface area (Å²) in [6.45, 7) is 6.74. The minimum Gasteiger partial charge on any atom is -0.411 e. The molecule has 1 N–H and O–H groups in total. The van der Waals surface area contributed by atoms with E-state index in [4.69, 9.17) is 4.42 Å². The van der Waals surface area contributed by atoms with Crippen LogP contribution in [0.1, 0.15) is 43.2 Å². The van der Waals surface area contributed by atoms with E-state index in [9.17, 15) is 14.4 Å². The van der Waals surface area contributed by atoms with Crippen molar-refractivity contribution in [3.8, 4) is 17.5 Å². The van der Waals surface area contributed by atoms with Gasteiger partial charge in [0, 0.05) is 4.88 Å². The summed E-state index contributed by atoms with van der Waals surface area (Å²) < 4.78 is 19.4. The molecule has 1 amide bonds. The zero-order chi connectivity index (χ0) is 22.9. The average Bonchev–Trinajstić information content (AvgIpc) is 3.35. The maximum Gasteiger partial charge on any atom is 0.277 e. The number of carbonyl (C=O) groups is 1. The van der Waals surface area contributed by atoms with Crippen LogP contribution in [0.15, 0.2) is 33.9 Å². The molecule has 0 unspecified atom stereocenters. The van der Waals surface area contributed by atoms with Gasteiger partial charge in [0.1, 0.15) is 16.9 Å². The van der Waals surface area contributed by atoms with Crippen LogP contribution in [-0.4, -0.2) is 21.9 Å². The quantitative estimate of drug-likeness (QED) is 0.482. The maximum atomic E-state index is 13.9. The number of anilines is 1. The standard InChI is InChI=1S/C23H23FN4O2S2/c1-23(2,3)13-8-9-14-16(11-25)21(32-18(14)10-13)26-19(29)12-31-22-28-27-20(30-22)15-6-4-5-7-17(15)24/h4-7,13H,8-10,12H2,1-3H3,(H,26,29)/t13-/m0/s1. The third-order valence-electron chi connectivity index (χ3n) is 5.69. The monoisotopic (exact) mass is 470 g/mol. The number of halogens is 1. The molecule has 0 radical (unpaired) electrons. The van der Waals surface area contributed by atoms with Crippen molar-refractivity contribution < 1.29 is 13.6 Å². The molecule has 0 spiro atoms. The Morgan fingerprint density at radius 2 is 2.16 bits per heavy atom. The molecule has 1 aliphatic carbocycles. The van der Waals surface area contributed by atoms with E-state index in [1.807, 2.05) is 0 Å². The fourth-order valence-corrected chi connectivity index (χ4v) is 5.69.